The molecule has 2 amide bonds. The maximum absolute atomic E-state index is 12.5. The van der Waals surface area contributed by atoms with Crippen LogP contribution in [0.5, 0.6) is 23.0 Å². The topological polar surface area (TPSA) is 107 Å². The van der Waals surface area contributed by atoms with Gasteiger partial charge >= 0.3 is 0 Å². The van der Waals surface area contributed by atoms with Crippen molar-refractivity contribution in [2.45, 2.75) is 26.2 Å². The van der Waals surface area contributed by atoms with Crippen molar-refractivity contribution in [3.63, 3.8) is 0 Å². The molecule has 0 saturated carbocycles. The standard InChI is InChI=1S/C23H29N3O6S/c1-23(2,3)15-7-9-16(10-8-15)32-13-19(27)24-22(33)26-25-21(28)14-11-17(29-4)20(31-6)18(12-14)30-5/h7-12H,13H2,1-6H3,(H,25,28)(H2,24,26,27,33). The molecule has 0 unspecified atom stereocenters. The average Bonchev–Trinajstić information content (AvgIpc) is 2.79. The minimum atomic E-state index is -0.527. The number of carbonyl (C=O) groups is 2. The third-order valence-corrected chi connectivity index (χ3v) is 4.76. The molecule has 0 aliphatic carbocycles. The molecule has 10 heteroatoms. The molecular formula is C23H29N3O6S. The number of hydrogen-bond donors (Lipinski definition) is 3. The van der Waals surface area contributed by atoms with E-state index < -0.39 is 11.8 Å². The van der Waals surface area contributed by atoms with E-state index in [4.69, 9.17) is 31.2 Å². The number of carbonyl (C=O) groups excluding carboxylic acids is 2. The van der Waals surface area contributed by atoms with Crippen LogP contribution in [0.15, 0.2) is 36.4 Å². The Hall–Kier alpha value is -3.53. The second-order valence-electron chi connectivity index (χ2n) is 7.93. The number of methoxy groups -OCH3 is 3. The molecule has 9 nitrogen and oxygen atoms in total. The third kappa shape index (κ3) is 7.25. The molecule has 33 heavy (non-hydrogen) atoms. The monoisotopic (exact) mass is 475 g/mol. The van der Waals surface area contributed by atoms with Crippen LogP contribution >= 0.6 is 12.2 Å². The van der Waals surface area contributed by atoms with Crippen LogP contribution in [-0.4, -0.2) is 44.9 Å². The van der Waals surface area contributed by atoms with Crippen molar-refractivity contribution in [2.75, 3.05) is 27.9 Å². The summed E-state index contributed by atoms with van der Waals surface area (Å²) >= 11 is 5.04. The zero-order chi connectivity index (χ0) is 24.6. The summed E-state index contributed by atoms with van der Waals surface area (Å²) < 4.78 is 21.2. The molecule has 0 aliphatic heterocycles. The first-order valence-corrected chi connectivity index (χ1v) is 10.4. The fourth-order valence-electron chi connectivity index (χ4n) is 2.79. The van der Waals surface area contributed by atoms with Crippen LogP contribution in [0.3, 0.4) is 0 Å². The summed E-state index contributed by atoms with van der Waals surface area (Å²) in [4.78, 5) is 24.5. The molecular weight excluding hydrogens is 446 g/mol. The molecule has 0 aromatic heterocycles. The van der Waals surface area contributed by atoms with Gasteiger partial charge in [0.15, 0.2) is 23.2 Å². The molecule has 2 aromatic carbocycles. The van der Waals surface area contributed by atoms with E-state index in [-0.39, 0.29) is 22.7 Å². The number of benzene rings is 2. The van der Waals surface area contributed by atoms with Gasteiger partial charge in [-0.2, -0.15) is 0 Å². The van der Waals surface area contributed by atoms with Crippen LogP contribution in [0.2, 0.25) is 0 Å². The fraction of sp³-hybridized carbons (Fsp3) is 0.348. The van der Waals surface area contributed by atoms with Crippen molar-refractivity contribution in [2.24, 2.45) is 0 Å². The molecule has 2 rings (SSSR count). The van der Waals surface area contributed by atoms with E-state index in [1.54, 1.807) is 0 Å². The number of amides is 2. The lowest BCUT2D eigenvalue weighted by atomic mass is 9.87. The maximum Gasteiger partial charge on any atom is 0.269 e. The van der Waals surface area contributed by atoms with Gasteiger partial charge in [0.1, 0.15) is 5.75 Å². The highest BCUT2D eigenvalue weighted by atomic mass is 32.1. The molecule has 0 bridgehead atoms. The summed E-state index contributed by atoms with van der Waals surface area (Å²) in [6.45, 7) is 6.11. The smallest absolute Gasteiger partial charge is 0.269 e. The van der Waals surface area contributed by atoms with Crippen molar-refractivity contribution in [1.82, 2.24) is 16.2 Å². The van der Waals surface area contributed by atoms with Crippen molar-refractivity contribution in [3.05, 3.63) is 47.5 Å². The minimum Gasteiger partial charge on any atom is -0.493 e. The summed E-state index contributed by atoms with van der Waals surface area (Å²) in [6.07, 6.45) is 0. The van der Waals surface area contributed by atoms with Crippen LogP contribution < -0.4 is 35.1 Å². The number of hydrazine groups is 1. The highest BCUT2D eigenvalue weighted by Gasteiger charge is 2.17. The van der Waals surface area contributed by atoms with E-state index in [9.17, 15) is 9.59 Å². The maximum atomic E-state index is 12.5. The quantitative estimate of drug-likeness (QED) is 0.415. The highest BCUT2D eigenvalue weighted by molar-refractivity contribution is 7.80. The zero-order valence-electron chi connectivity index (χ0n) is 19.5. The average molecular weight is 476 g/mol. The van der Waals surface area contributed by atoms with E-state index in [1.165, 1.54) is 33.5 Å². The number of hydrogen-bond acceptors (Lipinski definition) is 7. The first kappa shape index (κ1) is 25.7. The molecule has 0 atom stereocenters. The predicted molar refractivity (Wildman–Crippen MR) is 128 cm³/mol. The largest absolute Gasteiger partial charge is 0.493 e. The van der Waals surface area contributed by atoms with Crippen molar-refractivity contribution >= 4 is 29.1 Å². The van der Waals surface area contributed by atoms with E-state index in [0.29, 0.717) is 23.0 Å². The number of ether oxygens (including phenoxy) is 4. The van der Waals surface area contributed by atoms with Crippen LogP contribution in [0.4, 0.5) is 0 Å². The Labute approximate surface area is 198 Å². The van der Waals surface area contributed by atoms with Crippen molar-refractivity contribution < 1.29 is 28.5 Å². The Balaban J connectivity index is 1.86. The molecule has 0 aliphatic rings. The molecule has 2 aromatic rings. The van der Waals surface area contributed by atoms with Crippen LogP contribution in [0.25, 0.3) is 0 Å². The molecule has 178 valence electrons. The molecule has 0 radical (unpaired) electrons. The van der Waals surface area contributed by atoms with E-state index in [2.05, 4.69) is 36.9 Å². The Morgan fingerprint density at radius 3 is 1.97 bits per heavy atom. The van der Waals surface area contributed by atoms with E-state index in [0.717, 1.165) is 5.56 Å². The molecule has 3 N–H and O–H groups in total. The van der Waals surface area contributed by atoms with Gasteiger partial charge in [-0.3, -0.25) is 25.8 Å². The van der Waals surface area contributed by atoms with Crippen LogP contribution in [0, 0.1) is 0 Å². The van der Waals surface area contributed by atoms with Crippen molar-refractivity contribution in [3.8, 4) is 23.0 Å². The summed E-state index contributed by atoms with van der Waals surface area (Å²) in [5.74, 6) is 0.569. The van der Waals surface area contributed by atoms with Gasteiger partial charge in [-0.25, -0.2) is 0 Å². The minimum absolute atomic E-state index is 0.0281. The number of thiocarbonyl (C=S) groups is 1. The summed E-state index contributed by atoms with van der Waals surface area (Å²) in [7, 11) is 4.36. The molecule has 0 heterocycles. The van der Waals surface area contributed by atoms with Gasteiger partial charge in [-0.15, -0.1) is 0 Å². The Morgan fingerprint density at radius 2 is 1.48 bits per heavy atom. The van der Waals surface area contributed by atoms with Crippen LogP contribution in [0.1, 0.15) is 36.7 Å². The number of nitrogens with one attached hydrogen (secondary N) is 3. The number of rotatable bonds is 7. The highest BCUT2D eigenvalue weighted by Crippen LogP contribution is 2.38. The molecule has 0 spiro atoms. The summed E-state index contributed by atoms with van der Waals surface area (Å²) in [5, 5.41) is 2.34. The van der Waals surface area contributed by atoms with E-state index in [1.807, 2.05) is 24.3 Å². The van der Waals surface area contributed by atoms with Gasteiger partial charge < -0.3 is 18.9 Å². The Morgan fingerprint density at radius 1 is 0.909 bits per heavy atom. The second-order valence-corrected chi connectivity index (χ2v) is 8.34. The predicted octanol–water partition coefficient (Wildman–Crippen LogP) is 2.72. The van der Waals surface area contributed by atoms with Gasteiger partial charge in [0.25, 0.3) is 11.8 Å². The first-order chi connectivity index (χ1) is 15.6. The summed E-state index contributed by atoms with van der Waals surface area (Å²) in [6, 6.07) is 10.5. The van der Waals surface area contributed by atoms with Gasteiger partial charge in [-0.1, -0.05) is 32.9 Å². The Bertz CT molecular complexity index is 977. The van der Waals surface area contributed by atoms with Gasteiger partial charge in [0.2, 0.25) is 5.75 Å². The molecule has 0 saturated heterocycles. The SMILES string of the molecule is COc1cc(C(=O)NNC(=S)NC(=O)COc2ccc(C(C)(C)C)cc2)cc(OC)c1OC. The lowest BCUT2D eigenvalue weighted by Crippen LogP contribution is -2.49. The lowest BCUT2D eigenvalue weighted by molar-refractivity contribution is -0.121. The fourth-order valence-corrected chi connectivity index (χ4v) is 2.96. The van der Waals surface area contributed by atoms with Gasteiger partial charge in [0, 0.05) is 5.56 Å². The van der Waals surface area contributed by atoms with Gasteiger partial charge in [0.05, 0.1) is 21.3 Å². The summed E-state index contributed by atoms with van der Waals surface area (Å²) in [5.41, 5.74) is 6.29. The second kappa shape index (κ2) is 11.4. The normalized spacial score (nSPS) is 10.6. The van der Waals surface area contributed by atoms with Gasteiger partial charge in [-0.05, 0) is 47.5 Å². The first-order valence-electron chi connectivity index (χ1n) is 10.0. The van der Waals surface area contributed by atoms with E-state index >= 15 is 0 Å². The zero-order valence-corrected chi connectivity index (χ0v) is 20.3. The lowest BCUT2D eigenvalue weighted by Gasteiger charge is -2.19. The van der Waals surface area contributed by atoms with Crippen LogP contribution in [-0.2, 0) is 10.2 Å². The third-order valence-electron chi connectivity index (χ3n) is 4.56. The van der Waals surface area contributed by atoms with Crippen molar-refractivity contribution in [1.29, 1.82) is 0 Å². The Kier molecular flexibility index (Phi) is 8.86. The molecule has 0 fully saturated rings.